The fraction of sp³-hybridized carbons (Fsp3) is 0.250. The summed E-state index contributed by atoms with van der Waals surface area (Å²) >= 11 is 0. The summed E-state index contributed by atoms with van der Waals surface area (Å²) in [4.78, 5) is 0.268. The van der Waals surface area contributed by atoms with Crippen molar-refractivity contribution in [3.63, 3.8) is 0 Å². The van der Waals surface area contributed by atoms with Crippen molar-refractivity contribution in [3.8, 4) is 0 Å². The number of nitrogens with zero attached hydrogens (tertiary/aromatic N) is 1. The monoisotopic (exact) mass is 320 g/mol. The van der Waals surface area contributed by atoms with Crippen LogP contribution >= 0.6 is 7.71 Å². The van der Waals surface area contributed by atoms with Crippen molar-refractivity contribution in [2.24, 2.45) is 4.15 Å². The van der Waals surface area contributed by atoms with E-state index in [9.17, 15) is 8.42 Å². The molecule has 0 N–H and O–H groups in total. The SMILES string of the molecule is CCCC[P+](=NS(=O)(=O)c1ccccc1)c1ccccc1. The second-order valence-electron chi connectivity index (χ2n) is 4.68. The number of benzene rings is 2. The average molecular weight is 320 g/mol. The van der Waals surface area contributed by atoms with Crippen LogP contribution in [0, 0.1) is 0 Å². The lowest BCUT2D eigenvalue weighted by atomic mass is 10.4. The number of hydrogen-bond donors (Lipinski definition) is 0. The lowest BCUT2D eigenvalue weighted by molar-refractivity contribution is 0.598. The number of hydrogen-bond acceptors (Lipinski definition) is 2. The molecule has 0 heterocycles. The fourth-order valence-electron chi connectivity index (χ4n) is 1.89. The molecule has 0 saturated heterocycles. The van der Waals surface area contributed by atoms with Gasteiger partial charge in [0.25, 0.3) is 7.71 Å². The molecule has 2 aromatic rings. The molecular formula is C16H19NO2PS+. The molecule has 3 nitrogen and oxygen atoms in total. The summed E-state index contributed by atoms with van der Waals surface area (Å²) < 4.78 is 29.1. The second-order valence-corrected chi connectivity index (χ2v) is 8.52. The van der Waals surface area contributed by atoms with Gasteiger partial charge in [-0.15, -0.1) is 0 Å². The highest BCUT2D eigenvalue weighted by atomic mass is 32.2. The Morgan fingerprint density at radius 2 is 1.52 bits per heavy atom. The molecule has 1 unspecified atom stereocenters. The molecule has 0 aliphatic carbocycles. The number of sulfonamides is 1. The van der Waals surface area contributed by atoms with Crippen LogP contribution in [0.25, 0.3) is 0 Å². The van der Waals surface area contributed by atoms with E-state index in [2.05, 4.69) is 11.1 Å². The third-order valence-corrected chi connectivity index (χ3v) is 7.18. The molecule has 0 saturated carbocycles. The molecule has 0 fully saturated rings. The zero-order valence-corrected chi connectivity index (χ0v) is 13.7. The summed E-state index contributed by atoms with van der Waals surface area (Å²) in [6.07, 6.45) is 2.82. The highest BCUT2D eigenvalue weighted by molar-refractivity contribution is 7.93. The van der Waals surface area contributed by atoms with Crippen molar-refractivity contribution >= 4 is 23.0 Å². The standard InChI is InChI=1S/C16H19NO2PS/c1-2-3-14-20(15-10-6-4-7-11-15)17-21(18,19)16-12-8-5-9-13-16/h4-13H,2-3,14H2,1H3/q+1. The van der Waals surface area contributed by atoms with Gasteiger partial charge in [0.15, 0.2) is 5.30 Å². The lowest BCUT2D eigenvalue weighted by Crippen LogP contribution is -2.01. The maximum absolute atomic E-state index is 12.4. The molecule has 0 spiro atoms. The Hall–Kier alpha value is -1.51. The number of rotatable bonds is 6. The molecule has 2 aromatic carbocycles. The van der Waals surface area contributed by atoms with E-state index in [0.717, 1.165) is 24.3 Å². The number of unbranched alkanes of at least 4 members (excludes halogenated alkanes) is 1. The molecular weight excluding hydrogens is 301 g/mol. The van der Waals surface area contributed by atoms with Crippen LogP contribution in [0.15, 0.2) is 69.7 Å². The molecule has 0 radical (unpaired) electrons. The van der Waals surface area contributed by atoms with Gasteiger partial charge in [-0.2, -0.15) is 8.42 Å². The average Bonchev–Trinajstić information content (AvgIpc) is 2.53. The Morgan fingerprint density at radius 1 is 0.952 bits per heavy atom. The van der Waals surface area contributed by atoms with Gasteiger partial charge in [-0.1, -0.05) is 49.7 Å². The van der Waals surface area contributed by atoms with Crippen molar-refractivity contribution in [1.82, 2.24) is 0 Å². The van der Waals surface area contributed by atoms with Crippen LogP contribution < -0.4 is 5.30 Å². The molecule has 21 heavy (non-hydrogen) atoms. The molecule has 0 amide bonds. The predicted octanol–water partition coefficient (Wildman–Crippen LogP) is 4.17. The maximum atomic E-state index is 12.4. The van der Waals surface area contributed by atoms with E-state index in [1.165, 1.54) is 0 Å². The van der Waals surface area contributed by atoms with Crippen molar-refractivity contribution in [1.29, 1.82) is 0 Å². The van der Waals surface area contributed by atoms with E-state index in [1.807, 2.05) is 30.3 Å². The van der Waals surface area contributed by atoms with Gasteiger partial charge in [-0.3, -0.25) is 0 Å². The normalized spacial score (nSPS) is 12.3. The van der Waals surface area contributed by atoms with E-state index in [4.69, 9.17) is 0 Å². The molecule has 0 bridgehead atoms. The van der Waals surface area contributed by atoms with Gasteiger partial charge in [-0.25, -0.2) is 0 Å². The van der Waals surface area contributed by atoms with Crippen molar-refractivity contribution in [2.75, 3.05) is 6.16 Å². The second kappa shape index (κ2) is 7.48. The summed E-state index contributed by atoms with van der Waals surface area (Å²) in [5.74, 6) is 0. The quantitative estimate of drug-likeness (QED) is 0.750. The topological polar surface area (TPSA) is 46.5 Å². The van der Waals surface area contributed by atoms with Crippen molar-refractivity contribution in [3.05, 3.63) is 60.7 Å². The molecule has 0 aromatic heterocycles. The predicted molar refractivity (Wildman–Crippen MR) is 88.8 cm³/mol. The highest BCUT2D eigenvalue weighted by Crippen LogP contribution is 2.30. The molecule has 1 atom stereocenters. The molecule has 0 aliphatic rings. The van der Waals surface area contributed by atoms with E-state index in [0.29, 0.717) is 0 Å². The van der Waals surface area contributed by atoms with Gasteiger partial charge >= 0.3 is 10.0 Å². The summed E-state index contributed by atoms with van der Waals surface area (Å²) in [7, 11) is -4.62. The smallest absolute Gasteiger partial charge is 0.196 e. The minimum absolute atomic E-state index is 0.268. The first-order valence-corrected chi connectivity index (χ1v) is 9.91. The first-order chi connectivity index (χ1) is 10.1. The summed E-state index contributed by atoms with van der Waals surface area (Å²) in [5, 5.41) is 1.01. The van der Waals surface area contributed by atoms with Crippen LogP contribution in [-0.2, 0) is 10.0 Å². The highest BCUT2D eigenvalue weighted by Gasteiger charge is 2.23. The van der Waals surface area contributed by atoms with E-state index in [-0.39, 0.29) is 4.90 Å². The Morgan fingerprint density at radius 3 is 2.10 bits per heavy atom. The van der Waals surface area contributed by atoms with E-state index in [1.54, 1.807) is 30.3 Å². The largest absolute Gasteiger partial charge is 0.317 e. The third-order valence-electron chi connectivity index (χ3n) is 3.02. The first kappa shape index (κ1) is 15.9. The Balaban J connectivity index is 2.41. The van der Waals surface area contributed by atoms with E-state index >= 15 is 0 Å². The maximum Gasteiger partial charge on any atom is 0.317 e. The Bertz CT molecular complexity index is 698. The molecule has 5 heteroatoms. The minimum atomic E-state index is -3.58. The van der Waals surface area contributed by atoms with Gasteiger partial charge in [-0.05, 0) is 30.7 Å². The minimum Gasteiger partial charge on any atom is -0.196 e. The van der Waals surface area contributed by atoms with Crippen molar-refractivity contribution < 1.29 is 8.42 Å². The Kier molecular flexibility index (Phi) is 5.66. The Labute approximate surface area is 127 Å². The molecule has 110 valence electrons. The van der Waals surface area contributed by atoms with E-state index < -0.39 is 17.7 Å². The summed E-state index contributed by atoms with van der Waals surface area (Å²) in [5.41, 5.74) is 0. The molecule has 0 aliphatic heterocycles. The van der Waals surface area contributed by atoms with Crippen LogP contribution in [0.4, 0.5) is 0 Å². The third kappa shape index (κ3) is 4.48. The first-order valence-electron chi connectivity index (χ1n) is 6.99. The van der Waals surface area contributed by atoms with Crippen LogP contribution in [0.1, 0.15) is 19.8 Å². The molecule has 2 rings (SSSR count). The van der Waals surface area contributed by atoms with Gasteiger partial charge in [0.2, 0.25) is 0 Å². The fourth-order valence-corrected chi connectivity index (χ4v) is 5.90. The summed E-state index contributed by atoms with van der Waals surface area (Å²) in [6, 6.07) is 18.2. The van der Waals surface area contributed by atoms with Gasteiger partial charge in [0.1, 0.15) is 6.16 Å². The van der Waals surface area contributed by atoms with Crippen LogP contribution in [-0.4, -0.2) is 14.6 Å². The zero-order chi connectivity index (χ0) is 15.1. The zero-order valence-electron chi connectivity index (χ0n) is 12.0. The van der Waals surface area contributed by atoms with Gasteiger partial charge in [0, 0.05) is 4.15 Å². The van der Waals surface area contributed by atoms with Crippen LogP contribution in [0.5, 0.6) is 0 Å². The van der Waals surface area contributed by atoms with Gasteiger partial charge in [0.05, 0.1) is 4.90 Å². The lowest BCUT2D eigenvalue weighted by Gasteiger charge is -1.97. The van der Waals surface area contributed by atoms with Crippen LogP contribution in [0.2, 0.25) is 0 Å². The van der Waals surface area contributed by atoms with Gasteiger partial charge < -0.3 is 0 Å². The van der Waals surface area contributed by atoms with Crippen LogP contribution in [0.3, 0.4) is 0 Å². The van der Waals surface area contributed by atoms with Crippen molar-refractivity contribution in [2.45, 2.75) is 24.7 Å². The summed E-state index contributed by atoms with van der Waals surface area (Å²) in [6.45, 7) is 2.10.